The molecule has 32 heavy (non-hydrogen) atoms. The summed E-state index contributed by atoms with van der Waals surface area (Å²) in [5.41, 5.74) is 6.52. The first kappa shape index (κ1) is 24.2. The number of carbonyl (C=O) groups excluding carboxylic acids is 1. The van der Waals surface area contributed by atoms with E-state index in [1.807, 2.05) is 17.5 Å². The lowest BCUT2D eigenvalue weighted by molar-refractivity contribution is 0.0932. The second-order valence-electron chi connectivity index (χ2n) is 7.88. The molecule has 8 nitrogen and oxygen atoms in total. The highest BCUT2D eigenvalue weighted by Gasteiger charge is 2.23. The summed E-state index contributed by atoms with van der Waals surface area (Å²) in [6.07, 6.45) is 1.66. The van der Waals surface area contributed by atoms with E-state index in [2.05, 4.69) is 15.5 Å². The van der Waals surface area contributed by atoms with Gasteiger partial charge >= 0.3 is 6.09 Å². The fourth-order valence-electron chi connectivity index (χ4n) is 3.90. The zero-order chi connectivity index (χ0) is 23.1. The first-order chi connectivity index (χ1) is 15.4. The average molecular weight is 481 g/mol. The van der Waals surface area contributed by atoms with E-state index in [1.54, 1.807) is 17.4 Å². The number of nitrogen functional groups attached to an aromatic ring is 1. The van der Waals surface area contributed by atoms with E-state index >= 15 is 0 Å². The normalized spacial score (nSPS) is 15.8. The van der Waals surface area contributed by atoms with Crippen LogP contribution in [0.2, 0.25) is 5.02 Å². The second kappa shape index (κ2) is 11.4. The minimum absolute atomic E-state index is 0.189. The minimum Gasteiger partial charge on any atom is -0.496 e. The van der Waals surface area contributed by atoms with Crippen LogP contribution in [0.25, 0.3) is 0 Å². The van der Waals surface area contributed by atoms with Crippen LogP contribution in [0.5, 0.6) is 5.75 Å². The number of rotatable bonds is 9. The van der Waals surface area contributed by atoms with Gasteiger partial charge < -0.3 is 31.1 Å². The lowest BCUT2D eigenvalue weighted by Gasteiger charge is -2.32. The number of carbonyl (C=O) groups is 2. The van der Waals surface area contributed by atoms with Crippen molar-refractivity contribution < 1.29 is 19.4 Å². The summed E-state index contributed by atoms with van der Waals surface area (Å²) in [5.74, 6) is 0.551. The number of piperidine rings is 1. The Morgan fingerprint density at radius 1 is 1.38 bits per heavy atom. The maximum atomic E-state index is 12.6. The molecule has 0 saturated carbocycles. The van der Waals surface area contributed by atoms with Gasteiger partial charge in [0.2, 0.25) is 0 Å². The minimum atomic E-state index is -1.00. The maximum Gasteiger partial charge on any atom is 0.405 e. The molecule has 174 valence electrons. The molecule has 0 bridgehead atoms. The van der Waals surface area contributed by atoms with E-state index in [9.17, 15) is 9.59 Å². The summed E-state index contributed by atoms with van der Waals surface area (Å²) < 4.78 is 5.26. The molecule has 1 aromatic carbocycles. The van der Waals surface area contributed by atoms with Crippen LogP contribution >= 0.6 is 22.9 Å². The molecule has 5 N–H and O–H groups in total. The Balaban J connectivity index is 1.44. The Kier molecular flexibility index (Phi) is 8.60. The third-order valence-electron chi connectivity index (χ3n) is 5.74. The molecule has 1 atom stereocenters. The number of carboxylic acid groups (broad SMARTS) is 1. The molecular weight excluding hydrogens is 452 g/mol. The number of benzene rings is 1. The van der Waals surface area contributed by atoms with Gasteiger partial charge in [-0.05, 0) is 55.8 Å². The van der Waals surface area contributed by atoms with Gasteiger partial charge in [-0.25, -0.2) is 4.79 Å². The summed E-state index contributed by atoms with van der Waals surface area (Å²) in [7, 11) is 1.49. The number of hydrogen-bond acceptors (Lipinski definition) is 6. The van der Waals surface area contributed by atoms with Crippen molar-refractivity contribution in [2.24, 2.45) is 5.92 Å². The zero-order valence-electron chi connectivity index (χ0n) is 18.0. The summed E-state index contributed by atoms with van der Waals surface area (Å²) in [6, 6.07) is 6.79. The number of ether oxygens (including phenoxy) is 1. The van der Waals surface area contributed by atoms with Crippen LogP contribution in [0.15, 0.2) is 29.6 Å². The van der Waals surface area contributed by atoms with E-state index in [0.29, 0.717) is 34.5 Å². The third-order valence-corrected chi connectivity index (χ3v) is 7.05. The molecule has 1 saturated heterocycles. The van der Waals surface area contributed by atoms with Crippen molar-refractivity contribution in [1.29, 1.82) is 0 Å². The van der Waals surface area contributed by atoms with Crippen LogP contribution in [0, 0.1) is 5.92 Å². The molecule has 0 radical (unpaired) electrons. The number of amides is 2. The molecule has 3 rings (SSSR count). The van der Waals surface area contributed by atoms with E-state index in [1.165, 1.54) is 13.2 Å². The number of nitrogens with zero attached hydrogens (tertiary/aromatic N) is 1. The van der Waals surface area contributed by atoms with Gasteiger partial charge in [0.1, 0.15) is 5.75 Å². The van der Waals surface area contributed by atoms with Gasteiger partial charge in [0.15, 0.2) is 0 Å². The standard InChI is InChI=1S/C22H29ClN4O4S/c1-31-19-12-17(24)16(23)11-15(19)21(28)25-13-14-4-7-27(8-5-14)9-6-18(26-22(29)30)20-3-2-10-32-20/h2-3,10-12,14,18,26H,4-9,13,24H2,1H3,(H,25,28)(H,29,30). The number of thiophene rings is 1. The third kappa shape index (κ3) is 6.51. The Morgan fingerprint density at radius 3 is 2.75 bits per heavy atom. The highest BCUT2D eigenvalue weighted by molar-refractivity contribution is 7.10. The van der Waals surface area contributed by atoms with Gasteiger partial charge in [-0.3, -0.25) is 4.79 Å². The molecule has 1 aromatic heterocycles. The smallest absolute Gasteiger partial charge is 0.405 e. The molecule has 0 aliphatic carbocycles. The van der Waals surface area contributed by atoms with Crippen molar-refractivity contribution >= 4 is 40.6 Å². The summed E-state index contributed by atoms with van der Waals surface area (Å²) in [4.78, 5) is 27.1. The highest BCUT2D eigenvalue weighted by atomic mass is 35.5. The fourth-order valence-corrected chi connectivity index (χ4v) is 4.87. The van der Waals surface area contributed by atoms with E-state index < -0.39 is 6.09 Å². The summed E-state index contributed by atoms with van der Waals surface area (Å²) in [5, 5.41) is 17.0. The van der Waals surface area contributed by atoms with Crippen molar-refractivity contribution in [3.8, 4) is 5.75 Å². The van der Waals surface area contributed by atoms with Crippen molar-refractivity contribution in [1.82, 2.24) is 15.5 Å². The lowest BCUT2D eigenvalue weighted by atomic mass is 9.96. The van der Waals surface area contributed by atoms with Crippen LogP contribution in [0.3, 0.4) is 0 Å². The number of halogens is 1. The lowest BCUT2D eigenvalue weighted by Crippen LogP contribution is -2.40. The Bertz CT molecular complexity index is 917. The van der Waals surface area contributed by atoms with Crippen LogP contribution in [0.1, 0.15) is 40.5 Å². The predicted octanol–water partition coefficient (Wildman–Crippen LogP) is 3.83. The molecule has 2 heterocycles. The quantitative estimate of drug-likeness (QED) is 0.405. The number of nitrogens with one attached hydrogen (secondary N) is 2. The molecule has 0 spiro atoms. The summed E-state index contributed by atoms with van der Waals surface area (Å²) in [6.45, 7) is 3.24. The molecule has 2 amide bonds. The highest BCUT2D eigenvalue weighted by Crippen LogP contribution is 2.29. The Hall–Kier alpha value is -2.49. The molecular formula is C22H29ClN4O4S. The SMILES string of the molecule is COc1cc(N)c(Cl)cc1C(=O)NCC1CCN(CCC(NC(=O)O)c2cccs2)CC1. The number of anilines is 1. The number of likely N-dealkylation sites (tertiary alicyclic amines) is 1. The number of hydrogen-bond donors (Lipinski definition) is 4. The van der Waals surface area contributed by atoms with Gasteiger partial charge in [-0.15, -0.1) is 11.3 Å². The molecule has 1 fully saturated rings. The molecule has 2 aromatic rings. The van der Waals surface area contributed by atoms with Gasteiger partial charge in [0.05, 0.1) is 29.4 Å². The van der Waals surface area contributed by atoms with Gasteiger partial charge in [0.25, 0.3) is 5.91 Å². The first-order valence-corrected chi connectivity index (χ1v) is 11.8. The Labute approximate surface area is 196 Å². The van der Waals surface area contributed by atoms with E-state index in [4.69, 9.17) is 27.2 Å². The number of methoxy groups -OCH3 is 1. The maximum absolute atomic E-state index is 12.6. The number of nitrogens with two attached hydrogens (primary N) is 1. The Morgan fingerprint density at radius 2 is 2.12 bits per heavy atom. The molecule has 1 unspecified atom stereocenters. The zero-order valence-corrected chi connectivity index (χ0v) is 19.5. The van der Waals surface area contributed by atoms with Gasteiger partial charge in [0, 0.05) is 24.0 Å². The largest absolute Gasteiger partial charge is 0.496 e. The predicted molar refractivity (Wildman–Crippen MR) is 127 cm³/mol. The van der Waals surface area contributed by atoms with Crippen molar-refractivity contribution in [2.75, 3.05) is 39.0 Å². The monoisotopic (exact) mass is 480 g/mol. The average Bonchev–Trinajstić information content (AvgIpc) is 3.32. The van der Waals surface area contributed by atoms with Crippen molar-refractivity contribution in [2.45, 2.75) is 25.3 Å². The molecule has 1 aliphatic heterocycles. The topological polar surface area (TPSA) is 117 Å². The van der Waals surface area contributed by atoms with Crippen LogP contribution < -0.4 is 21.1 Å². The van der Waals surface area contributed by atoms with Gasteiger partial charge in [-0.2, -0.15) is 0 Å². The molecule has 1 aliphatic rings. The summed E-state index contributed by atoms with van der Waals surface area (Å²) >= 11 is 7.62. The first-order valence-electron chi connectivity index (χ1n) is 10.5. The van der Waals surface area contributed by atoms with E-state index in [-0.39, 0.29) is 11.9 Å². The van der Waals surface area contributed by atoms with Crippen molar-refractivity contribution in [3.05, 3.63) is 45.1 Å². The van der Waals surface area contributed by atoms with Crippen LogP contribution in [0.4, 0.5) is 10.5 Å². The molecule has 10 heteroatoms. The van der Waals surface area contributed by atoms with E-state index in [0.717, 1.165) is 43.8 Å². The van der Waals surface area contributed by atoms with Crippen molar-refractivity contribution in [3.63, 3.8) is 0 Å². The fraction of sp³-hybridized carbons (Fsp3) is 0.455. The van der Waals surface area contributed by atoms with Crippen LogP contribution in [-0.2, 0) is 0 Å². The second-order valence-corrected chi connectivity index (χ2v) is 9.26. The van der Waals surface area contributed by atoms with Crippen LogP contribution in [-0.4, -0.2) is 55.3 Å². The van der Waals surface area contributed by atoms with Gasteiger partial charge in [-0.1, -0.05) is 17.7 Å².